The van der Waals surface area contributed by atoms with E-state index in [-0.39, 0.29) is 7.43 Å². The van der Waals surface area contributed by atoms with Crippen molar-refractivity contribution in [2.45, 2.75) is 81.1 Å². The Kier molecular flexibility index (Phi) is 21.6. The zero-order valence-electron chi connectivity index (χ0n) is 10.7. The fourth-order valence-corrected chi connectivity index (χ4v) is 0.757. The summed E-state index contributed by atoms with van der Waals surface area (Å²) in [5.41, 5.74) is 0. The zero-order valence-corrected chi connectivity index (χ0v) is 10.7. The molecule has 0 fully saturated rings. The monoisotopic (exact) mass is 202 g/mol. The maximum Gasteiger partial charge on any atom is -0.0445 e. The minimum Gasteiger partial charge on any atom is -0.0776 e. The number of rotatable bonds is 5. The van der Waals surface area contributed by atoms with Crippen molar-refractivity contribution in [3.63, 3.8) is 0 Å². The van der Waals surface area contributed by atoms with E-state index < -0.39 is 0 Å². The highest BCUT2D eigenvalue weighted by molar-refractivity contribution is 4.47. The second kappa shape index (κ2) is 15.5. The molecule has 0 aliphatic rings. The predicted molar refractivity (Wildman–Crippen MR) is 70.8 cm³/mol. The minimum atomic E-state index is 0. The molecule has 0 bridgehead atoms. The summed E-state index contributed by atoms with van der Waals surface area (Å²) in [5.74, 6) is 1.84. The van der Waals surface area contributed by atoms with E-state index in [1.165, 1.54) is 32.1 Å². The van der Waals surface area contributed by atoms with Gasteiger partial charge in [-0.1, -0.05) is 81.1 Å². The topological polar surface area (TPSA) is 0 Å². The minimum absolute atomic E-state index is 0. The van der Waals surface area contributed by atoms with Crippen molar-refractivity contribution in [1.82, 2.24) is 0 Å². The molecule has 0 heteroatoms. The standard InChI is InChI=1S/C8H18.C5H12.CH4/c1-4-6-7-8(3)5-2;1-4-5(2)3;/h8H,4-7H2,1-3H3;5H,4H2,1-3H3;1H4. The number of unbranched alkanes of at least 4 members (excludes halogenated alkanes) is 1. The van der Waals surface area contributed by atoms with Crippen LogP contribution in [-0.4, -0.2) is 0 Å². The van der Waals surface area contributed by atoms with Gasteiger partial charge >= 0.3 is 0 Å². The molecule has 1 unspecified atom stereocenters. The molecule has 0 aliphatic carbocycles. The van der Waals surface area contributed by atoms with Gasteiger partial charge in [0.15, 0.2) is 0 Å². The summed E-state index contributed by atoms with van der Waals surface area (Å²) >= 11 is 0. The molecule has 0 N–H and O–H groups in total. The lowest BCUT2D eigenvalue weighted by Gasteiger charge is -2.04. The van der Waals surface area contributed by atoms with Gasteiger partial charge in [0.2, 0.25) is 0 Å². The Morgan fingerprint density at radius 2 is 1.29 bits per heavy atom. The third kappa shape index (κ3) is 22.7. The van der Waals surface area contributed by atoms with Gasteiger partial charge in [-0.05, 0) is 11.8 Å². The van der Waals surface area contributed by atoms with Crippen LogP contribution in [-0.2, 0) is 0 Å². The summed E-state index contributed by atoms with van der Waals surface area (Å²) < 4.78 is 0. The van der Waals surface area contributed by atoms with Crippen LogP contribution in [0.2, 0.25) is 0 Å². The normalized spacial score (nSPS) is 11.4. The highest BCUT2D eigenvalue weighted by atomic mass is 14.0. The van der Waals surface area contributed by atoms with Gasteiger partial charge in [0, 0.05) is 0 Å². The van der Waals surface area contributed by atoms with E-state index >= 15 is 0 Å². The Morgan fingerprint density at radius 1 is 0.857 bits per heavy atom. The van der Waals surface area contributed by atoms with Crippen molar-refractivity contribution < 1.29 is 0 Å². The molecule has 0 saturated heterocycles. The quantitative estimate of drug-likeness (QED) is 0.520. The van der Waals surface area contributed by atoms with E-state index in [9.17, 15) is 0 Å². The second-order valence-corrected chi connectivity index (χ2v) is 4.46. The SMILES string of the molecule is C.CCC(C)C.CCCCC(C)CC. The fourth-order valence-electron chi connectivity index (χ4n) is 0.757. The molecule has 14 heavy (non-hydrogen) atoms. The largest absolute Gasteiger partial charge is 0.0776 e. The van der Waals surface area contributed by atoms with Crippen LogP contribution in [0.5, 0.6) is 0 Å². The molecule has 0 spiro atoms. The molecule has 0 rings (SSSR count). The highest BCUT2D eigenvalue weighted by Crippen LogP contribution is 2.09. The third-order valence-electron chi connectivity index (χ3n) is 2.56. The summed E-state index contributed by atoms with van der Waals surface area (Å²) in [6.07, 6.45) is 6.84. The Balaban J connectivity index is -0.000000177. The molecule has 0 aromatic carbocycles. The molecule has 0 nitrogen and oxygen atoms in total. The summed E-state index contributed by atoms with van der Waals surface area (Å²) in [6.45, 7) is 13.5. The highest BCUT2D eigenvalue weighted by Gasteiger charge is 1.94. The van der Waals surface area contributed by atoms with Crippen LogP contribution >= 0.6 is 0 Å². The van der Waals surface area contributed by atoms with Gasteiger partial charge in [0.25, 0.3) is 0 Å². The average molecular weight is 202 g/mol. The van der Waals surface area contributed by atoms with Crippen LogP contribution in [0.1, 0.15) is 81.1 Å². The first-order valence-corrected chi connectivity index (χ1v) is 6.08. The Morgan fingerprint density at radius 3 is 1.50 bits per heavy atom. The molecule has 0 aliphatic heterocycles. The van der Waals surface area contributed by atoms with Gasteiger partial charge in [-0.15, -0.1) is 0 Å². The van der Waals surface area contributed by atoms with Crippen molar-refractivity contribution in [3.8, 4) is 0 Å². The van der Waals surface area contributed by atoms with Gasteiger partial charge < -0.3 is 0 Å². The van der Waals surface area contributed by atoms with Gasteiger partial charge in [-0.2, -0.15) is 0 Å². The van der Waals surface area contributed by atoms with Crippen molar-refractivity contribution in [2.75, 3.05) is 0 Å². The van der Waals surface area contributed by atoms with E-state index in [0.717, 1.165) is 11.8 Å². The molecule has 0 aromatic heterocycles. The van der Waals surface area contributed by atoms with Crippen LogP contribution in [0.15, 0.2) is 0 Å². The summed E-state index contributed by atoms with van der Waals surface area (Å²) in [7, 11) is 0. The first-order valence-electron chi connectivity index (χ1n) is 6.08. The first kappa shape index (κ1) is 19.6. The third-order valence-corrected chi connectivity index (χ3v) is 2.56. The molecule has 0 radical (unpaired) electrons. The van der Waals surface area contributed by atoms with E-state index in [2.05, 4.69) is 41.5 Å². The van der Waals surface area contributed by atoms with Crippen LogP contribution in [0.25, 0.3) is 0 Å². The zero-order chi connectivity index (χ0) is 10.7. The Hall–Kier alpha value is 0. The molecule has 0 saturated carbocycles. The van der Waals surface area contributed by atoms with Crippen LogP contribution in [0.4, 0.5) is 0 Å². The smallest absolute Gasteiger partial charge is 0.0445 e. The van der Waals surface area contributed by atoms with Crippen molar-refractivity contribution >= 4 is 0 Å². The number of hydrogen-bond acceptors (Lipinski definition) is 0. The van der Waals surface area contributed by atoms with Gasteiger partial charge in [0.05, 0.1) is 0 Å². The Bertz CT molecular complexity index is 74.1. The van der Waals surface area contributed by atoms with Crippen molar-refractivity contribution in [2.24, 2.45) is 11.8 Å². The summed E-state index contributed by atoms with van der Waals surface area (Å²) in [5, 5.41) is 0. The summed E-state index contributed by atoms with van der Waals surface area (Å²) in [6, 6.07) is 0. The second-order valence-electron chi connectivity index (χ2n) is 4.46. The van der Waals surface area contributed by atoms with Gasteiger partial charge in [0.1, 0.15) is 0 Å². The molecule has 1 atom stereocenters. The van der Waals surface area contributed by atoms with Crippen LogP contribution < -0.4 is 0 Å². The summed E-state index contributed by atoms with van der Waals surface area (Å²) in [4.78, 5) is 0. The lowest BCUT2D eigenvalue weighted by atomic mass is 10.0. The molecule has 0 amide bonds. The van der Waals surface area contributed by atoms with E-state index in [1.807, 2.05) is 0 Å². The predicted octanol–water partition coefficient (Wildman–Crippen LogP) is 5.91. The van der Waals surface area contributed by atoms with E-state index in [0.29, 0.717) is 0 Å². The van der Waals surface area contributed by atoms with E-state index in [1.54, 1.807) is 0 Å². The maximum atomic E-state index is 2.33. The first-order chi connectivity index (χ1) is 6.08. The number of hydrogen-bond donors (Lipinski definition) is 0. The lowest BCUT2D eigenvalue weighted by Crippen LogP contribution is -1.89. The molecule has 0 heterocycles. The molecule has 90 valence electrons. The van der Waals surface area contributed by atoms with Crippen LogP contribution in [0, 0.1) is 11.8 Å². The maximum absolute atomic E-state index is 2.33. The van der Waals surface area contributed by atoms with E-state index in [4.69, 9.17) is 0 Å². The lowest BCUT2D eigenvalue weighted by molar-refractivity contribution is 0.492. The van der Waals surface area contributed by atoms with Crippen molar-refractivity contribution in [3.05, 3.63) is 0 Å². The fraction of sp³-hybridized carbons (Fsp3) is 1.00. The van der Waals surface area contributed by atoms with Crippen LogP contribution in [0.3, 0.4) is 0 Å². The molecular weight excluding hydrogens is 168 g/mol. The average Bonchev–Trinajstić information content (AvgIpc) is 2.15. The Labute approximate surface area is 93.5 Å². The van der Waals surface area contributed by atoms with Crippen molar-refractivity contribution in [1.29, 1.82) is 0 Å². The van der Waals surface area contributed by atoms with Gasteiger partial charge in [-0.3, -0.25) is 0 Å². The van der Waals surface area contributed by atoms with Gasteiger partial charge in [-0.25, -0.2) is 0 Å². The molecule has 0 aromatic rings. The molecular formula is C14H34.